The third kappa shape index (κ3) is 9.30. The van der Waals surface area contributed by atoms with Crippen LogP contribution in [0.1, 0.15) is 77.9 Å². The molecule has 14 aromatic rings. The van der Waals surface area contributed by atoms with Crippen LogP contribution >= 0.6 is 0 Å². The molecule has 2 aliphatic carbocycles. The Hall–Kier alpha value is -11.3. The molecular weight excluding hydrogens is 1130 g/mol. The minimum Gasteiger partial charge on any atom is -0.310 e. The van der Waals surface area contributed by atoms with Crippen molar-refractivity contribution in [1.29, 1.82) is 0 Å². The van der Waals surface area contributed by atoms with Gasteiger partial charge in [-0.1, -0.05) is 255 Å². The maximum absolute atomic E-state index is 2.47. The van der Waals surface area contributed by atoms with E-state index < -0.39 is 10.8 Å². The number of hydrogen-bond donors (Lipinski definition) is 0. The highest BCUT2D eigenvalue weighted by atomic mass is 15.2. The van der Waals surface area contributed by atoms with Crippen LogP contribution in [0.4, 0.5) is 34.1 Å². The number of aryl methyl sites for hydroxylation is 6. The fourth-order valence-electron chi connectivity index (χ4n) is 16.2. The van der Waals surface area contributed by atoms with Gasteiger partial charge in [-0.25, -0.2) is 0 Å². The van der Waals surface area contributed by atoms with Gasteiger partial charge in [0, 0.05) is 22.7 Å². The molecule has 0 saturated heterocycles. The lowest BCUT2D eigenvalue weighted by molar-refractivity contribution is 0.769. The lowest BCUT2D eigenvalue weighted by atomic mass is 9.67. The average Bonchev–Trinajstić information content (AvgIpc) is 1.54. The predicted octanol–water partition coefficient (Wildman–Crippen LogP) is 24.2. The molecule has 0 heterocycles. The zero-order chi connectivity index (χ0) is 63.7. The molecule has 0 radical (unpaired) electrons. The lowest BCUT2D eigenvalue weighted by Gasteiger charge is -2.34. The van der Waals surface area contributed by atoms with E-state index in [2.05, 4.69) is 379 Å². The highest BCUT2D eigenvalue weighted by Crippen LogP contribution is 2.59. The molecule has 0 saturated carbocycles. The smallest absolute Gasteiger partial charge is 0.0713 e. The molecule has 2 aliphatic rings. The van der Waals surface area contributed by atoms with E-state index in [-0.39, 0.29) is 0 Å². The Labute approximate surface area is 554 Å². The summed E-state index contributed by atoms with van der Waals surface area (Å²) in [5.74, 6) is 0. The third-order valence-corrected chi connectivity index (χ3v) is 20.3. The van der Waals surface area contributed by atoms with E-state index in [0.29, 0.717) is 0 Å². The quantitative estimate of drug-likeness (QED) is 0.114. The second-order valence-corrected chi connectivity index (χ2v) is 25.8. The standard InChI is InChI=1S/C92H72N2/c1-61-27-19-25-41-87(61)93(77-49-43-67(44-50-77)69-47-53-81-79-37-21-23-39-83(79)91(85(81)59-69,73-29-11-7-12-30-73)74-31-13-8-14-32-74)89-63(3)55-71(56-64(89)4)72-57-65(5)90(66(6)58-72)94(88-42-26-20-28-62(88)2)78-51-45-68(46-52-78)70-48-54-82-80-38-22-24-40-84(80)92(86(82)60-70,75-33-15-9-16-34-75)76-35-17-10-18-36-76/h7-60H,1-6H3. The van der Waals surface area contributed by atoms with Gasteiger partial charge < -0.3 is 9.80 Å². The van der Waals surface area contributed by atoms with Crippen LogP contribution in [0.2, 0.25) is 0 Å². The van der Waals surface area contributed by atoms with Gasteiger partial charge >= 0.3 is 0 Å². The normalized spacial score (nSPS) is 13.0. The van der Waals surface area contributed by atoms with Crippen molar-refractivity contribution in [1.82, 2.24) is 0 Å². The Morgan fingerprint density at radius 2 is 0.479 bits per heavy atom. The van der Waals surface area contributed by atoms with Crippen LogP contribution in [0, 0.1) is 41.5 Å². The monoisotopic (exact) mass is 1200 g/mol. The van der Waals surface area contributed by atoms with Gasteiger partial charge in [0.05, 0.1) is 22.2 Å². The van der Waals surface area contributed by atoms with Crippen molar-refractivity contribution in [2.75, 3.05) is 9.80 Å². The van der Waals surface area contributed by atoms with E-state index in [4.69, 9.17) is 0 Å². The summed E-state index contributed by atoms with van der Waals surface area (Å²) in [5, 5.41) is 0. The molecule has 0 aromatic heterocycles. The van der Waals surface area contributed by atoms with Gasteiger partial charge in [0.25, 0.3) is 0 Å². The first-order valence-electron chi connectivity index (χ1n) is 33.0. The molecule has 0 N–H and O–H groups in total. The zero-order valence-corrected chi connectivity index (χ0v) is 54.1. The third-order valence-electron chi connectivity index (χ3n) is 20.3. The van der Waals surface area contributed by atoms with E-state index in [0.717, 1.165) is 22.7 Å². The number of nitrogens with zero attached hydrogens (tertiary/aromatic N) is 2. The maximum Gasteiger partial charge on any atom is 0.0713 e. The van der Waals surface area contributed by atoms with Gasteiger partial charge in [-0.05, 0) is 248 Å². The number of rotatable bonds is 13. The highest BCUT2D eigenvalue weighted by molar-refractivity contribution is 5.93. The molecule has 2 heteroatoms. The average molecular weight is 1210 g/mol. The van der Waals surface area contributed by atoms with Gasteiger partial charge in [0.2, 0.25) is 0 Å². The minimum absolute atomic E-state index is 0.468. The van der Waals surface area contributed by atoms with Crippen molar-refractivity contribution in [2.45, 2.75) is 52.4 Å². The van der Waals surface area contributed by atoms with Crippen molar-refractivity contribution in [3.8, 4) is 55.6 Å². The van der Waals surface area contributed by atoms with Crippen molar-refractivity contribution in [2.24, 2.45) is 0 Å². The summed E-state index contributed by atoms with van der Waals surface area (Å²) in [6.45, 7) is 13.6. The van der Waals surface area contributed by atoms with E-state index in [1.807, 2.05) is 0 Å². The van der Waals surface area contributed by atoms with Crippen LogP contribution < -0.4 is 9.80 Å². The van der Waals surface area contributed by atoms with Gasteiger partial charge in [-0.15, -0.1) is 0 Å². The van der Waals surface area contributed by atoms with Crippen molar-refractivity contribution in [3.05, 3.63) is 405 Å². The Morgan fingerprint density at radius 1 is 0.202 bits per heavy atom. The fraction of sp³-hybridized carbons (Fsp3) is 0.0870. The summed E-state index contributed by atoms with van der Waals surface area (Å²) in [7, 11) is 0. The minimum atomic E-state index is -0.468. The van der Waals surface area contributed by atoms with E-state index in [9.17, 15) is 0 Å². The summed E-state index contributed by atoms with van der Waals surface area (Å²) < 4.78 is 0. The molecule has 16 rings (SSSR count). The van der Waals surface area contributed by atoms with Crippen molar-refractivity contribution < 1.29 is 0 Å². The topological polar surface area (TPSA) is 6.48 Å². The second kappa shape index (κ2) is 23.4. The van der Waals surface area contributed by atoms with Crippen LogP contribution in [0.5, 0.6) is 0 Å². The predicted molar refractivity (Wildman–Crippen MR) is 395 cm³/mol. The Bertz CT molecular complexity index is 4730. The summed E-state index contributed by atoms with van der Waals surface area (Å²) in [4.78, 5) is 4.94. The van der Waals surface area contributed by atoms with Crippen molar-refractivity contribution in [3.63, 3.8) is 0 Å². The molecule has 0 aliphatic heterocycles. The maximum atomic E-state index is 2.47. The summed E-state index contributed by atoms with van der Waals surface area (Å²) >= 11 is 0. The fourth-order valence-corrected chi connectivity index (χ4v) is 16.2. The molecule has 450 valence electrons. The first kappa shape index (κ1) is 57.8. The van der Waals surface area contributed by atoms with Crippen molar-refractivity contribution >= 4 is 34.1 Å². The number of hydrogen-bond acceptors (Lipinski definition) is 2. The summed E-state index contributed by atoms with van der Waals surface area (Å²) in [6.07, 6.45) is 0. The van der Waals surface area contributed by atoms with E-state index >= 15 is 0 Å². The molecule has 0 unspecified atom stereocenters. The molecule has 0 atom stereocenters. The summed E-state index contributed by atoms with van der Waals surface area (Å²) in [6, 6.07) is 122. The SMILES string of the molecule is Cc1ccccc1N(c1ccc(-c2ccc3c(c2)C(c2ccccc2)(c2ccccc2)c2ccccc2-3)cc1)c1c(C)cc(-c2cc(C)c(N(c3ccc(-c4ccc5c(c4)C(c4ccccc4)(c4ccccc4)c4ccccc4-5)cc3)c3ccccc3C)c(C)c2)cc1C. The van der Waals surface area contributed by atoms with Crippen LogP contribution in [0.3, 0.4) is 0 Å². The van der Waals surface area contributed by atoms with Gasteiger partial charge in [0.1, 0.15) is 0 Å². The van der Waals surface area contributed by atoms with Crippen LogP contribution in [-0.4, -0.2) is 0 Å². The van der Waals surface area contributed by atoms with Gasteiger partial charge in [0.15, 0.2) is 0 Å². The Kier molecular flexibility index (Phi) is 14.4. The zero-order valence-electron chi connectivity index (χ0n) is 54.1. The second-order valence-electron chi connectivity index (χ2n) is 25.8. The van der Waals surface area contributed by atoms with Crippen LogP contribution in [0.25, 0.3) is 55.6 Å². The number of benzene rings is 14. The first-order valence-corrected chi connectivity index (χ1v) is 33.0. The Balaban J connectivity index is 0.739. The molecule has 0 fully saturated rings. The molecule has 14 aromatic carbocycles. The van der Waals surface area contributed by atoms with Gasteiger partial charge in [-0.3, -0.25) is 0 Å². The molecule has 2 nitrogen and oxygen atoms in total. The first-order chi connectivity index (χ1) is 46.1. The summed E-state index contributed by atoms with van der Waals surface area (Å²) in [5.41, 5.74) is 35.8. The Morgan fingerprint density at radius 3 is 0.809 bits per heavy atom. The highest BCUT2D eigenvalue weighted by Gasteiger charge is 2.47. The molecule has 0 spiro atoms. The number of fused-ring (bicyclic) bond motifs is 6. The van der Waals surface area contributed by atoms with E-state index in [1.165, 1.54) is 145 Å². The molecule has 0 bridgehead atoms. The largest absolute Gasteiger partial charge is 0.310 e. The molecule has 0 amide bonds. The van der Waals surface area contributed by atoms with E-state index in [1.54, 1.807) is 0 Å². The number of anilines is 6. The number of para-hydroxylation sites is 2. The van der Waals surface area contributed by atoms with Crippen LogP contribution in [0.15, 0.2) is 328 Å². The van der Waals surface area contributed by atoms with Gasteiger partial charge in [-0.2, -0.15) is 0 Å². The lowest BCUT2D eigenvalue weighted by Crippen LogP contribution is -2.28. The molecular formula is C92H72N2. The molecule has 94 heavy (non-hydrogen) atoms. The van der Waals surface area contributed by atoms with Crippen LogP contribution in [-0.2, 0) is 10.8 Å².